The summed E-state index contributed by atoms with van der Waals surface area (Å²) < 4.78 is 22.8. The summed E-state index contributed by atoms with van der Waals surface area (Å²) in [6.07, 6.45) is 4.16. The van der Waals surface area contributed by atoms with Crippen LogP contribution in [-0.2, 0) is 9.84 Å². The lowest BCUT2D eigenvalue weighted by Gasteiger charge is -2.32. The zero-order chi connectivity index (χ0) is 12.4. The molecule has 0 N–H and O–H groups in total. The molecule has 1 rings (SSSR count). The van der Waals surface area contributed by atoms with Gasteiger partial charge in [-0.05, 0) is 44.3 Å². The van der Waals surface area contributed by atoms with Gasteiger partial charge in [-0.2, -0.15) is 0 Å². The van der Waals surface area contributed by atoms with Crippen molar-refractivity contribution in [1.82, 2.24) is 4.90 Å². The fourth-order valence-electron chi connectivity index (χ4n) is 2.05. The minimum absolute atomic E-state index is 0.0987. The molecular weight excluding hydrogens is 222 g/mol. The average Bonchev–Trinajstić information content (AvgIpc) is 2.13. The van der Waals surface area contributed by atoms with Crippen LogP contribution < -0.4 is 0 Å². The van der Waals surface area contributed by atoms with E-state index >= 15 is 0 Å². The number of likely N-dealkylation sites (tertiary alicyclic amines) is 1. The first-order valence-corrected chi connectivity index (χ1v) is 8.05. The Morgan fingerprint density at radius 1 is 1.19 bits per heavy atom. The molecule has 0 amide bonds. The summed E-state index contributed by atoms with van der Waals surface area (Å²) in [4.78, 5) is 2.40. The van der Waals surface area contributed by atoms with Gasteiger partial charge >= 0.3 is 0 Å². The highest BCUT2D eigenvalue weighted by atomic mass is 32.2. The van der Waals surface area contributed by atoms with Gasteiger partial charge in [-0.15, -0.1) is 0 Å². The first-order valence-electron chi connectivity index (χ1n) is 6.10. The predicted octanol–water partition coefficient (Wildman–Crippen LogP) is 1.93. The number of piperidine rings is 1. The van der Waals surface area contributed by atoms with Crippen LogP contribution >= 0.6 is 0 Å². The molecule has 0 aromatic heterocycles. The van der Waals surface area contributed by atoms with Gasteiger partial charge in [-0.1, -0.05) is 20.8 Å². The van der Waals surface area contributed by atoms with E-state index in [9.17, 15) is 8.42 Å². The molecule has 96 valence electrons. The Labute approximate surface area is 100 Å². The van der Waals surface area contributed by atoms with Crippen LogP contribution in [0.5, 0.6) is 0 Å². The lowest BCUT2D eigenvalue weighted by Crippen LogP contribution is -2.40. The minimum Gasteiger partial charge on any atom is -0.303 e. The molecule has 0 unspecified atom stereocenters. The summed E-state index contributed by atoms with van der Waals surface area (Å²) in [5.74, 6) is 0. The number of rotatable bonds is 3. The Morgan fingerprint density at radius 3 is 2.06 bits per heavy atom. The second-order valence-electron chi connectivity index (χ2n) is 6.18. The van der Waals surface area contributed by atoms with Crippen LogP contribution in [0.15, 0.2) is 0 Å². The van der Waals surface area contributed by atoms with E-state index in [2.05, 4.69) is 25.7 Å². The Morgan fingerprint density at radius 2 is 1.69 bits per heavy atom. The van der Waals surface area contributed by atoms with Crippen molar-refractivity contribution in [2.45, 2.75) is 45.3 Å². The van der Waals surface area contributed by atoms with Crippen molar-refractivity contribution < 1.29 is 8.42 Å². The van der Waals surface area contributed by atoms with Crippen molar-refractivity contribution in [3.63, 3.8) is 0 Å². The highest BCUT2D eigenvalue weighted by molar-refractivity contribution is 7.91. The van der Waals surface area contributed by atoms with Crippen molar-refractivity contribution in [3.05, 3.63) is 0 Å². The van der Waals surface area contributed by atoms with Crippen LogP contribution in [0, 0.1) is 5.41 Å². The third-order valence-electron chi connectivity index (χ3n) is 3.32. The molecule has 0 aromatic carbocycles. The Balaban J connectivity index is 2.33. The zero-order valence-corrected chi connectivity index (χ0v) is 11.8. The molecule has 16 heavy (non-hydrogen) atoms. The van der Waals surface area contributed by atoms with Crippen molar-refractivity contribution in [2.75, 3.05) is 25.9 Å². The molecule has 0 aliphatic carbocycles. The van der Waals surface area contributed by atoms with Gasteiger partial charge < -0.3 is 4.90 Å². The highest BCUT2D eigenvalue weighted by Crippen LogP contribution is 2.22. The number of hydrogen-bond donors (Lipinski definition) is 0. The Hall–Kier alpha value is -0.0900. The summed E-state index contributed by atoms with van der Waals surface area (Å²) in [6.45, 7) is 9.71. The molecule has 0 saturated carbocycles. The lowest BCUT2D eigenvalue weighted by molar-refractivity contribution is 0.198. The third kappa shape index (κ3) is 4.83. The van der Waals surface area contributed by atoms with E-state index in [1.807, 2.05) is 0 Å². The quantitative estimate of drug-likeness (QED) is 0.765. The highest BCUT2D eigenvalue weighted by Gasteiger charge is 2.26. The topological polar surface area (TPSA) is 37.4 Å². The van der Waals surface area contributed by atoms with Gasteiger partial charge in [0.25, 0.3) is 0 Å². The second kappa shape index (κ2) is 5.05. The maximum atomic E-state index is 11.4. The molecule has 0 bridgehead atoms. The van der Waals surface area contributed by atoms with Crippen LogP contribution in [0.2, 0.25) is 0 Å². The number of sulfone groups is 1. The van der Waals surface area contributed by atoms with E-state index < -0.39 is 9.84 Å². The van der Waals surface area contributed by atoms with Gasteiger partial charge in [0.2, 0.25) is 0 Å². The molecule has 0 spiro atoms. The minimum atomic E-state index is -2.82. The van der Waals surface area contributed by atoms with Crippen LogP contribution in [-0.4, -0.2) is 44.5 Å². The molecule has 1 aliphatic heterocycles. The van der Waals surface area contributed by atoms with Gasteiger partial charge in [0, 0.05) is 6.26 Å². The third-order valence-corrected chi connectivity index (χ3v) is 5.00. The van der Waals surface area contributed by atoms with E-state index in [0.717, 1.165) is 32.5 Å². The molecule has 0 aromatic rings. The predicted molar refractivity (Wildman–Crippen MR) is 68.4 cm³/mol. The lowest BCUT2D eigenvalue weighted by atomic mass is 9.92. The van der Waals surface area contributed by atoms with Gasteiger partial charge in [0.15, 0.2) is 0 Å². The van der Waals surface area contributed by atoms with Gasteiger partial charge in [0.05, 0.1) is 5.25 Å². The molecular formula is C12H25NO2S. The van der Waals surface area contributed by atoms with Gasteiger partial charge in [-0.25, -0.2) is 8.42 Å². The Bertz CT molecular complexity index is 308. The molecule has 0 radical (unpaired) electrons. The first kappa shape index (κ1) is 14.0. The van der Waals surface area contributed by atoms with Gasteiger partial charge in [0.1, 0.15) is 9.84 Å². The zero-order valence-electron chi connectivity index (χ0n) is 11.0. The van der Waals surface area contributed by atoms with Gasteiger partial charge in [-0.3, -0.25) is 0 Å². The van der Waals surface area contributed by atoms with E-state index in [1.54, 1.807) is 0 Å². The summed E-state index contributed by atoms with van der Waals surface area (Å²) >= 11 is 0. The van der Waals surface area contributed by atoms with E-state index in [4.69, 9.17) is 0 Å². The van der Waals surface area contributed by atoms with Crippen LogP contribution in [0.1, 0.15) is 40.0 Å². The summed E-state index contributed by atoms with van der Waals surface area (Å²) in [6, 6.07) is 0. The molecule has 1 heterocycles. The Kier molecular flexibility index (Phi) is 4.41. The molecule has 1 aliphatic rings. The maximum absolute atomic E-state index is 11.4. The fraction of sp³-hybridized carbons (Fsp3) is 1.00. The van der Waals surface area contributed by atoms with Crippen molar-refractivity contribution in [1.29, 1.82) is 0 Å². The average molecular weight is 247 g/mol. The van der Waals surface area contributed by atoms with E-state index in [-0.39, 0.29) is 5.25 Å². The van der Waals surface area contributed by atoms with Crippen molar-refractivity contribution >= 4 is 9.84 Å². The van der Waals surface area contributed by atoms with E-state index in [0.29, 0.717) is 5.41 Å². The fourth-order valence-corrected chi connectivity index (χ4v) is 3.12. The second-order valence-corrected chi connectivity index (χ2v) is 8.51. The van der Waals surface area contributed by atoms with Crippen LogP contribution in [0.3, 0.4) is 0 Å². The first-order chi connectivity index (χ1) is 7.18. The van der Waals surface area contributed by atoms with Crippen molar-refractivity contribution in [3.8, 4) is 0 Å². The van der Waals surface area contributed by atoms with Crippen LogP contribution in [0.4, 0.5) is 0 Å². The summed E-state index contributed by atoms with van der Waals surface area (Å²) in [5, 5.41) is -0.0987. The standard InChI is InChI=1S/C12H25NO2S/c1-12(2,3)7-10-13-8-5-11(6-9-13)16(4,14)15/h11H,5-10H2,1-4H3. The smallest absolute Gasteiger partial charge is 0.150 e. The molecule has 3 nitrogen and oxygen atoms in total. The molecule has 0 atom stereocenters. The monoisotopic (exact) mass is 247 g/mol. The molecule has 1 fully saturated rings. The maximum Gasteiger partial charge on any atom is 0.150 e. The summed E-state index contributed by atoms with van der Waals surface area (Å²) in [5.41, 5.74) is 0.369. The molecule has 4 heteroatoms. The SMILES string of the molecule is CC(C)(C)CCN1CCC(S(C)(=O)=O)CC1. The number of nitrogens with zero attached hydrogens (tertiary/aromatic N) is 1. The summed E-state index contributed by atoms with van der Waals surface area (Å²) in [7, 11) is -2.82. The largest absolute Gasteiger partial charge is 0.303 e. The number of hydrogen-bond acceptors (Lipinski definition) is 3. The van der Waals surface area contributed by atoms with Crippen LogP contribution in [0.25, 0.3) is 0 Å². The van der Waals surface area contributed by atoms with Crippen molar-refractivity contribution in [2.24, 2.45) is 5.41 Å². The normalized spacial score (nSPS) is 21.2. The van der Waals surface area contributed by atoms with E-state index in [1.165, 1.54) is 12.7 Å². The molecule has 1 saturated heterocycles.